The van der Waals surface area contributed by atoms with Gasteiger partial charge < -0.3 is 19.0 Å². The first kappa shape index (κ1) is 17.9. The van der Waals surface area contributed by atoms with Crippen LogP contribution < -0.4 is 15.7 Å². The van der Waals surface area contributed by atoms with E-state index in [0.29, 0.717) is 16.9 Å². The minimum atomic E-state index is -0.508. The fraction of sp³-hybridized carbons (Fsp3) is 0.182. The zero-order valence-electron chi connectivity index (χ0n) is 15.9. The van der Waals surface area contributed by atoms with Gasteiger partial charge in [-0.3, -0.25) is 4.79 Å². The summed E-state index contributed by atoms with van der Waals surface area (Å²) in [6, 6.07) is 13.0. The Bertz CT molecular complexity index is 1270. The topological polar surface area (TPSA) is 73.5 Å². The van der Waals surface area contributed by atoms with E-state index in [-0.39, 0.29) is 12.3 Å². The second-order valence-electron chi connectivity index (χ2n) is 6.75. The Morgan fingerprint density at radius 3 is 2.79 bits per heavy atom. The van der Waals surface area contributed by atoms with Gasteiger partial charge in [-0.05, 0) is 42.8 Å². The van der Waals surface area contributed by atoms with Gasteiger partial charge in [-0.25, -0.2) is 4.79 Å². The number of anilines is 1. The molecule has 4 aromatic rings. The Balaban J connectivity index is 1.65. The zero-order chi connectivity index (χ0) is 19.8. The largest absolute Gasteiger partial charge is 0.497 e. The van der Waals surface area contributed by atoms with Crippen LogP contribution in [0.15, 0.2) is 57.9 Å². The quantitative estimate of drug-likeness (QED) is 0.550. The third kappa shape index (κ3) is 3.03. The van der Waals surface area contributed by atoms with Gasteiger partial charge in [0.2, 0.25) is 5.91 Å². The van der Waals surface area contributed by atoms with E-state index in [4.69, 9.17) is 9.15 Å². The van der Waals surface area contributed by atoms with Gasteiger partial charge in [0.1, 0.15) is 11.3 Å². The highest BCUT2D eigenvalue weighted by Gasteiger charge is 2.16. The lowest BCUT2D eigenvalue weighted by Crippen LogP contribution is -2.20. The molecule has 6 heteroatoms. The van der Waals surface area contributed by atoms with E-state index in [0.717, 1.165) is 27.5 Å². The minimum Gasteiger partial charge on any atom is -0.497 e. The van der Waals surface area contributed by atoms with Crippen molar-refractivity contribution < 1.29 is 13.9 Å². The van der Waals surface area contributed by atoms with Crippen LogP contribution in [0, 0.1) is 6.92 Å². The number of nitrogens with one attached hydrogen (secondary N) is 1. The number of amides is 1. The number of carbonyl (C=O) groups is 1. The molecule has 0 fully saturated rings. The Kier molecular flexibility index (Phi) is 4.39. The van der Waals surface area contributed by atoms with Crippen molar-refractivity contribution in [2.24, 2.45) is 7.05 Å². The summed E-state index contributed by atoms with van der Waals surface area (Å²) < 4.78 is 12.6. The molecular weight excluding hydrogens is 356 g/mol. The molecular formula is C22H20N2O4. The summed E-state index contributed by atoms with van der Waals surface area (Å²) in [5.74, 6) is 0.344. The third-order valence-corrected chi connectivity index (χ3v) is 5.03. The maximum Gasteiger partial charge on any atom is 0.340 e. The smallest absolute Gasteiger partial charge is 0.340 e. The van der Waals surface area contributed by atoms with Crippen LogP contribution in [0.25, 0.3) is 21.9 Å². The molecule has 0 radical (unpaired) electrons. The van der Waals surface area contributed by atoms with Gasteiger partial charge >= 0.3 is 5.63 Å². The Morgan fingerprint density at radius 2 is 2.00 bits per heavy atom. The van der Waals surface area contributed by atoms with Gasteiger partial charge in [0.05, 0.1) is 24.8 Å². The number of fused-ring (bicyclic) bond motifs is 2. The summed E-state index contributed by atoms with van der Waals surface area (Å²) in [4.78, 5) is 25.1. The second-order valence-corrected chi connectivity index (χ2v) is 6.75. The lowest BCUT2D eigenvalue weighted by molar-refractivity contribution is -0.115. The molecule has 28 heavy (non-hydrogen) atoms. The highest BCUT2D eigenvalue weighted by molar-refractivity contribution is 6.02. The molecule has 0 unspecified atom stereocenters. The number of methoxy groups -OCH3 is 1. The van der Waals surface area contributed by atoms with E-state index in [1.807, 2.05) is 55.1 Å². The van der Waals surface area contributed by atoms with Gasteiger partial charge in [-0.1, -0.05) is 6.07 Å². The fourth-order valence-electron chi connectivity index (χ4n) is 3.47. The average Bonchev–Trinajstić information content (AvgIpc) is 3.07. The van der Waals surface area contributed by atoms with Crippen LogP contribution in [0.5, 0.6) is 5.75 Å². The van der Waals surface area contributed by atoms with Gasteiger partial charge in [-0.15, -0.1) is 0 Å². The normalized spacial score (nSPS) is 11.1. The molecule has 6 nitrogen and oxygen atoms in total. The van der Waals surface area contributed by atoms with Crippen LogP contribution in [-0.2, 0) is 18.3 Å². The van der Waals surface area contributed by atoms with Crippen LogP contribution in [0.2, 0.25) is 0 Å². The standard InChI is InChI=1S/C22H20N2O4/c1-13-15-8-7-14(27-3)11-20(15)28-22(26)17(13)12-21(25)23-18-5-4-6-19-16(18)9-10-24(19)2/h4-11H,12H2,1-3H3,(H,23,25). The highest BCUT2D eigenvalue weighted by Crippen LogP contribution is 2.26. The predicted molar refractivity (Wildman–Crippen MR) is 109 cm³/mol. The van der Waals surface area contributed by atoms with E-state index in [2.05, 4.69) is 5.32 Å². The molecule has 142 valence electrons. The number of aryl methyl sites for hydroxylation is 2. The summed E-state index contributed by atoms with van der Waals surface area (Å²) in [5.41, 5.74) is 2.77. The van der Waals surface area contributed by atoms with Crippen molar-refractivity contribution in [1.29, 1.82) is 0 Å². The second kappa shape index (κ2) is 6.88. The minimum absolute atomic E-state index is 0.0562. The number of hydrogen-bond acceptors (Lipinski definition) is 4. The van der Waals surface area contributed by atoms with Crippen molar-refractivity contribution in [2.75, 3.05) is 12.4 Å². The average molecular weight is 376 g/mol. The van der Waals surface area contributed by atoms with E-state index in [9.17, 15) is 9.59 Å². The molecule has 0 aliphatic carbocycles. The maximum absolute atomic E-state index is 12.7. The molecule has 4 rings (SSSR count). The van der Waals surface area contributed by atoms with E-state index in [1.54, 1.807) is 19.2 Å². The number of hydrogen-bond donors (Lipinski definition) is 1. The first-order valence-corrected chi connectivity index (χ1v) is 8.92. The third-order valence-electron chi connectivity index (χ3n) is 5.03. The lowest BCUT2D eigenvalue weighted by atomic mass is 10.0. The van der Waals surface area contributed by atoms with Crippen molar-refractivity contribution in [3.63, 3.8) is 0 Å². The summed E-state index contributed by atoms with van der Waals surface area (Å²) in [6.45, 7) is 1.83. The number of aromatic nitrogens is 1. The van der Waals surface area contributed by atoms with Gasteiger partial charge in [-0.2, -0.15) is 0 Å². The predicted octanol–water partition coefficient (Wildman–Crippen LogP) is 3.78. The van der Waals surface area contributed by atoms with Crippen molar-refractivity contribution >= 4 is 33.5 Å². The Morgan fingerprint density at radius 1 is 1.18 bits per heavy atom. The first-order valence-electron chi connectivity index (χ1n) is 8.92. The number of ether oxygens (including phenoxy) is 1. The van der Waals surface area contributed by atoms with Crippen LogP contribution in [0.4, 0.5) is 5.69 Å². The molecule has 2 aromatic heterocycles. The SMILES string of the molecule is COc1ccc2c(C)c(CC(=O)Nc3cccc4c3ccn4C)c(=O)oc2c1. The molecule has 0 spiro atoms. The number of carbonyl (C=O) groups excluding carboxylic acids is 1. The molecule has 0 bridgehead atoms. The van der Waals surface area contributed by atoms with Crippen molar-refractivity contribution in [3.8, 4) is 5.75 Å². The highest BCUT2D eigenvalue weighted by atomic mass is 16.5. The molecule has 0 atom stereocenters. The maximum atomic E-state index is 12.7. The molecule has 0 saturated carbocycles. The molecule has 0 aliphatic rings. The van der Waals surface area contributed by atoms with E-state index < -0.39 is 5.63 Å². The molecule has 1 N–H and O–H groups in total. The fourth-order valence-corrected chi connectivity index (χ4v) is 3.47. The van der Waals surface area contributed by atoms with Gasteiger partial charge in [0.15, 0.2) is 0 Å². The van der Waals surface area contributed by atoms with E-state index >= 15 is 0 Å². The summed E-state index contributed by atoms with van der Waals surface area (Å²) >= 11 is 0. The molecule has 0 aliphatic heterocycles. The first-order chi connectivity index (χ1) is 13.5. The number of nitrogens with zero attached hydrogens (tertiary/aromatic N) is 1. The lowest BCUT2D eigenvalue weighted by Gasteiger charge is -2.10. The number of rotatable bonds is 4. The summed E-state index contributed by atoms with van der Waals surface area (Å²) in [5, 5.41) is 4.65. The summed E-state index contributed by atoms with van der Waals surface area (Å²) in [7, 11) is 3.50. The Labute approximate surface area is 161 Å². The van der Waals surface area contributed by atoms with E-state index in [1.165, 1.54) is 0 Å². The van der Waals surface area contributed by atoms with Crippen LogP contribution in [-0.4, -0.2) is 17.6 Å². The molecule has 2 heterocycles. The molecule has 0 saturated heterocycles. The van der Waals surface area contributed by atoms with Crippen LogP contribution in [0.3, 0.4) is 0 Å². The van der Waals surface area contributed by atoms with Crippen molar-refractivity contribution in [3.05, 3.63) is 70.2 Å². The van der Waals surface area contributed by atoms with Crippen LogP contribution >= 0.6 is 0 Å². The molecule has 2 aromatic carbocycles. The van der Waals surface area contributed by atoms with Gasteiger partial charge in [0.25, 0.3) is 0 Å². The zero-order valence-corrected chi connectivity index (χ0v) is 15.9. The van der Waals surface area contributed by atoms with Crippen molar-refractivity contribution in [1.82, 2.24) is 4.57 Å². The molecule has 1 amide bonds. The monoisotopic (exact) mass is 376 g/mol. The van der Waals surface area contributed by atoms with Crippen molar-refractivity contribution in [2.45, 2.75) is 13.3 Å². The van der Waals surface area contributed by atoms with Gasteiger partial charge in [0, 0.05) is 35.6 Å². The Hall–Kier alpha value is -3.54. The number of benzene rings is 2. The van der Waals surface area contributed by atoms with Crippen LogP contribution in [0.1, 0.15) is 11.1 Å². The summed E-state index contributed by atoms with van der Waals surface area (Å²) in [6.07, 6.45) is 1.88.